The number of aliphatic hydroxyl groups is 1. The normalized spacial score (nSPS) is 13.8. The maximum atomic E-state index is 11.5. The first-order valence-electron chi connectivity index (χ1n) is 4.64. The van der Waals surface area contributed by atoms with Gasteiger partial charge in [-0.1, -0.05) is 4.13 Å². The van der Waals surface area contributed by atoms with Crippen molar-refractivity contribution >= 4 is 20.0 Å². The number of aliphatic hydroxyl groups excluding tert-OH is 1. The lowest BCUT2D eigenvalue weighted by molar-refractivity contribution is -0.0476. The van der Waals surface area contributed by atoms with Gasteiger partial charge in [0.15, 0.2) is 0 Å². The van der Waals surface area contributed by atoms with E-state index >= 15 is 0 Å². The summed E-state index contributed by atoms with van der Waals surface area (Å²) in [6, 6.07) is 0. The smallest absolute Gasteiger partial charge is 0.395 e. The molecular weight excluding hydrogens is 358 g/mol. The monoisotopic (exact) mass is 370 g/mol. The summed E-state index contributed by atoms with van der Waals surface area (Å²) >= 11 is 0. The van der Waals surface area contributed by atoms with Crippen molar-refractivity contribution in [3.63, 3.8) is 0 Å². The highest BCUT2D eigenvalue weighted by Gasteiger charge is 2.55. The van der Waals surface area contributed by atoms with Gasteiger partial charge in [-0.3, -0.25) is 0 Å². The Morgan fingerprint density at radius 1 is 0.905 bits per heavy atom. The maximum absolute atomic E-state index is 11.5. The average Bonchev–Trinajstić information content (AvgIpc) is 2.12. The molecule has 0 fully saturated rings. The fourth-order valence-electron chi connectivity index (χ4n) is 0.439. The van der Waals surface area contributed by atoms with E-state index < -0.39 is 35.2 Å². The molecule has 130 valence electrons. The molecule has 2 N–H and O–H groups in total. The van der Waals surface area contributed by atoms with Crippen molar-refractivity contribution in [3.05, 3.63) is 0 Å². The molecule has 0 atom stereocenters. The SMILES string of the molecule is CN(C)CCO.O=S(=O)(NS(=O)(=O)C(F)(F)F)C(F)(F)F. The summed E-state index contributed by atoms with van der Waals surface area (Å²) in [5.41, 5.74) is -12.3. The van der Waals surface area contributed by atoms with E-state index in [0.717, 1.165) is 6.54 Å². The molecule has 0 saturated heterocycles. The third-order valence-corrected chi connectivity index (χ3v) is 4.35. The van der Waals surface area contributed by atoms with Crippen molar-refractivity contribution in [2.24, 2.45) is 0 Å². The fraction of sp³-hybridized carbons (Fsp3) is 1.00. The van der Waals surface area contributed by atoms with Crippen LogP contribution in [0.3, 0.4) is 0 Å². The predicted octanol–water partition coefficient (Wildman–Crippen LogP) is -0.185. The molecule has 0 aromatic heterocycles. The summed E-state index contributed by atoms with van der Waals surface area (Å²) in [4.78, 5) is 1.93. The predicted molar refractivity (Wildman–Crippen MR) is 58.7 cm³/mol. The Hall–Kier alpha value is -0.640. The summed E-state index contributed by atoms with van der Waals surface area (Å²) < 4.78 is 108. The number of alkyl halides is 6. The molecule has 0 radical (unpaired) electrons. The van der Waals surface area contributed by atoms with Crippen molar-refractivity contribution in [2.75, 3.05) is 27.2 Å². The van der Waals surface area contributed by atoms with Crippen LogP contribution in [0, 0.1) is 0 Å². The van der Waals surface area contributed by atoms with Gasteiger partial charge in [-0.25, -0.2) is 16.8 Å². The second kappa shape index (κ2) is 7.57. The van der Waals surface area contributed by atoms with Crippen molar-refractivity contribution < 1.29 is 48.3 Å². The molecule has 0 unspecified atom stereocenters. The molecule has 15 heteroatoms. The molecule has 0 aromatic carbocycles. The number of hydrogen-bond donors (Lipinski definition) is 2. The molecule has 0 aliphatic heterocycles. The van der Waals surface area contributed by atoms with Crippen LogP contribution in [0.25, 0.3) is 0 Å². The highest BCUT2D eigenvalue weighted by atomic mass is 32.3. The molecule has 7 nitrogen and oxygen atoms in total. The lowest BCUT2D eigenvalue weighted by Crippen LogP contribution is -2.45. The Bertz CT molecular complexity index is 467. The summed E-state index contributed by atoms with van der Waals surface area (Å²) in [7, 11) is -9.34. The van der Waals surface area contributed by atoms with Crippen LogP contribution in [0.1, 0.15) is 0 Å². The van der Waals surface area contributed by atoms with Crippen molar-refractivity contribution in [1.29, 1.82) is 0 Å². The van der Waals surface area contributed by atoms with E-state index in [9.17, 15) is 43.2 Å². The third-order valence-electron chi connectivity index (χ3n) is 1.38. The lowest BCUT2D eigenvalue weighted by atomic mass is 10.6. The van der Waals surface area contributed by atoms with E-state index in [1.54, 1.807) is 0 Å². The van der Waals surface area contributed by atoms with E-state index in [1.165, 1.54) is 0 Å². The van der Waals surface area contributed by atoms with E-state index in [2.05, 4.69) is 0 Å². The summed E-state index contributed by atoms with van der Waals surface area (Å²) in [5, 5.41) is 8.20. The number of sulfonamides is 2. The van der Waals surface area contributed by atoms with Crippen LogP contribution in [-0.2, 0) is 20.0 Å². The number of nitrogens with one attached hydrogen (secondary N) is 1. The summed E-state index contributed by atoms with van der Waals surface area (Å²) in [6.45, 7) is 1.02. The van der Waals surface area contributed by atoms with Gasteiger partial charge < -0.3 is 10.0 Å². The van der Waals surface area contributed by atoms with Gasteiger partial charge in [0.1, 0.15) is 0 Å². The number of halogens is 6. The highest BCUT2D eigenvalue weighted by molar-refractivity contribution is 8.05. The van der Waals surface area contributed by atoms with E-state index in [0.29, 0.717) is 0 Å². The molecule has 0 aliphatic rings. The average molecular weight is 370 g/mol. The van der Waals surface area contributed by atoms with Crippen LogP contribution in [0.4, 0.5) is 26.3 Å². The lowest BCUT2D eigenvalue weighted by Gasteiger charge is -2.11. The van der Waals surface area contributed by atoms with Gasteiger partial charge in [-0.2, -0.15) is 26.3 Å². The standard InChI is InChI=1S/C4H11NO.C2HF6NO4S2/c1-5(2)3-4-6;3-1(4,5)14(10,11)9-15(12,13)2(6,7)8/h6H,3-4H2,1-2H3;9H. The summed E-state index contributed by atoms with van der Waals surface area (Å²) in [6.07, 6.45) is 0. The van der Waals surface area contributed by atoms with Gasteiger partial charge in [0.2, 0.25) is 0 Å². The van der Waals surface area contributed by atoms with E-state index in [-0.39, 0.29) is 6.61 Å². The first-order valence-corrected chi connectivity index (χ1v) is 7.61. The topological polar surface area (TPSA) is 104 Å². The zero-order valence-electron chi connectivity index (χ0n) is 10.5. The number of nitrogens with zero attached hydrogens (tertiary/aromatic N) is 1. The quantitative estimate of drug-likeness (QED) is 0.665. The Morgan fingerprint density at radius 2 is 1.19 bits per heavy atom. The minimum absolute atomic E-state index is 0.257. The van der Waals surface area contributed by atoms with Crippen molar-refractivity contribution in [3.8, 4) is 0 Å². The molecule has 0 heterocycles. The zero-order valence-corrected chi connectivity index (χ0v) is 12.2. The zero-order chi connectivity index (χ0) is 17.7. The van der Waals surface area contributed by atoms with Crippen LogP contribution in [0.5, 0.6) is 0 Å². The van der Waals surface area contributed by atoms with E-state index in [4.69, 9.17) is 5.11 Å². The number of rotatable bonds is 4. The molecule has 0 rings (SSSR count). The minimum atomic E-state index is -6.60. The second-order valence-corrected chi connectivity index (χ2v) is 7.11. The first-order chi connectivity index (χ1) is 8.98. The Morgan fingerprint density at radius 3 is 1.29 bits per heavy atom. The van der Waals surface area contributed by atoms with E-state index in [1.807, 2.05) is 19.0 Å². The van der Waals surface area contributed by atoms with Crippen LogP contribution in [0.15, 0.2) is 0 Å². The molecule has 21 heavy (non-hydrogen) atoms. The molecule has 0 aliphatic carbocycles. The van der Waals surface area contributed by atoms with Crippen LogP contribution in [-0.4, -0.2) is 65.1 Å². The van der Waals surface area contributed by atoms with Gasteiger partial charge in [-0.05, 0) is 14.1 Å². The fourth-order valence-corrected chi connectivity index (χ4v) is 2.35. The second-order valence-electron chi connectivity index (χ2n) is 3.51. The Balaban J connectivity index is 0. The molecule has 0 bridgehead atoms. The largest absolute Gasteiger partial charge is 0.512 e. The van der Waals surface area contributed by atoms with Gasteiger partial charge in [0, 0.05) is 6.54 Å². The molecule has 0 spiro atoms. The van der Waals surface area contributed by atoms with Crippen molar-refractivity contribution in [1.82, 2.24) is 9.03 Å². The first kappa shape index (κ1) is 22.6. The maximum Gasteiger partial charge on any atom is 0.512 e. The van der Waals surface area contributed by atoms with Crippen LogP contribution >= 0.6 is 0 Å². The Kier molecular flexibility index (Phi) is 8.16. The highest BCUT2D eigenvalue weighted by Crippen LogP contribution is 2.27. The van der Waals surface area contributed by atoms with Gasteiger partial charge >= 0.3 is 31.1 Å². The van der Waals surface area contributed by atoms with Gasteiger partial charge in [0.25, 0.3) is 0 Å². The van der Waals surface area contributed by atoms with Gasteiger partial charge in [0.05, 0.1) is 6.61 Å². The molecular formula is C6H12F6N2O5S2. The van der Waals surface area contributed by atoms with Crippen molar-refractivity contribution in [2.45, 2.75) is 11.0 Å². The van der Waals surface area contributed by atoms with Crippen LogP contribution in [0.2, 0.25) is 0 Å². The van der Waals surface area contributed by atoms with Gasteiger partial charge in [-0.15, -0.1) is 0 Å². The molecule has 0 saturated carbocycles. The number of likely N-dealkylation sites (N-methyl/N-ethyl adjacent to an activating group) is 1. The van der Waals surface area contributed by atoms with Crippen LogP contribution < -0.4 is 4.13 Å². The number of hydrogen-bond acceptors (Lipinski definition) is 6. The molecule has 0 aromatic rings. The third kappa shape index (κ3) is 8.40. The summed E-state index contributed by atoms with van der Waals surface area (Å²) in [5.74, 6) is 0. The Labute approximate surface area is 116 Å². The molecule has 0 amide bonds. The minimum Gasteiger partial charge on any atom is -0.395 e.